The van der Waals surface area contributed by atoms with Gasteiger partial charge in [0, 0.05) is 24.5 Å². The molecule has 1 aliphatic carbocycles. The zero-order valence-corrected chi connectivity index (χ0v) is 19.0. The number of benzene rings is 1. The Kier molecular flexibility index (Phi) is 8.44. The summed E-state index contributed by atoms with van der Waals surface area (Å²) < 4.78 is 8.26. The van der Waals surface area contributed by atoms with Crippen molar-refractivity contribution >= 4 is 28.4 Å². The van der Waals surface area contributed by atoms with E-state index in [9.17, 15) is 0 Å². The molecule has 2 N–H and O–H groups in total. The van der Waals surface area contributed by atoms with Crippen LogP contribution in [0, 0.1) is 5.41 Å². The van der Waals surface area contributed by atoms with E-state index in [4.69, 9.17) is 10.1 Å². The number of allylic oxidation sites excluding steroid dienone is 6. The van der Waals surface area contributed by atoms with Crippen molar-refractivity contribution in [3.63, 3.8) is 0 Å². The molecule has 3 aromatic rings. The second-order valence-electron chi connectivity index (χ2n) is 7.29. The first kappa shape index (κ1) is 23.1. The average Bonchev–Trinajstić information content (AvgIpc) is 3.41. The van der Waals surface area contributed by atoms with Gasteiger partial charge >= 0.3 is 0 Å². The van der Waals surface area contributed by atoms with Crippen LogP contribution in [-0.4, -0.2) is 27.6 Å². The Morgan fingerprint density at radius 3 is 2.88 bits per heavy atom. The molecule has 4 rings (SSSR count). The number of hydrogen-bond acceptors (Lipinski definition) is 3. The van der Waals surface area contributed by atoms with Crippen molar-refractivity contribution in [2.45, 2.75) is 39.5 Å². The Labute approximate surface area is 190 Å². The number of fused-ring (bicyclic) bond motifs is 1. The molecule has 5 nitrogen and oxygen atoms in total. The fraction of sp³-hybridized carbons (Fsp3) is 0.259. The van der Waals surface area contributed by atoms with Crippen molar-refractivity contribution in [1.29, 1.82) is 5.41 Å². The van der Waals surface area contributed by atoms with Gasteiger partial charge in [-0.2, -0.15) is 5.10 Å². The van der Waals surface area contributed by atoms with Crippen molar-refractivity contribution in [2.75, 3.05) is 6.61 Å². The molecular weight excluding hydrogens is 396 g/mol. The van der Waals surface area contributed by atoms with Crippen LogP contribution in [-0.2, 0) is 0 Å². The monoisotopic (exact) mass is 428 g/mol. The van der Waals surface area contributed by atoms with Gasteiger partial charge in [-0.3, -0.25) is 0 Å². The van der Waals surface area contributed by atoms with Gasteiger partial charge in [-0.1, -0.05) is 56.4 Å². The number of aromatic nitrogens is 3. The second kappa shape index (κ2) is 11.7. The summed E-state index contributed by atoms with van der Waals surface area (Å²) in [6, 6.07) is 10.7. The second-order valence-corrected chi connectivity index (χ2v) is 7.29. The summed E-state index contributed by atoms with van der Waals surface area (Å²) in [6.07, 6.45) is 17.1. The van der Waals surface area contributed by atoms with Crippen LogP contribution in [0.2, 0.25) is 0 Å². The van der Waals surface area contributed by atoms with Crippen LogP contribution in [0.1, 0.15) is 45.1 Å². The maximum atomic E-state index is 7.28. The molecule has 0 fully saturated rings. The predicted octanol–water partition coefficient (Wildman–Crippen LogP) is 7.03. The molecule has 0 amide bonds. The summed E-state index contributed by atoms with van der Waals surface area (Å²) in [4.78, 5) is 0. The summed E-state index contributed by atoms with van der Waals surface area (Å²) >= 11 is 0. The first-order valence-electron chi connectivity index (χ1n) is 11.2. The standard InChI is InChI=1S/C25H26N4O.C2H6/c1-2-20(12-15-26)23-18-27-28-25(23)30-17-14-19-6-5-8-22(11-10-19)29-16-13-21-7-3-4-9-24(21)29;1-2/h2-4,7,9-13,15-16,18,26H,1,5-6,8,14,17H2,(H,27,28);1-2H3/b20-12+,26-15?;. The van der Waals surface area contributed by atoms with Gasteiger partial charge in [0.25, 0.3) is 0 Å². The minimum atomic E-state index is 0.575. The maximum absolute atomic E-state index is 7.28. The van der Waals surface area contributed by atoms with E-state index >= 15 is 0 Å². The highest BCUT2D eigenvalue weighted by Gasteiger charge is 2.11. The normalized spacial score (nSPS) is 14.0. The summed E-state index contributed by atoms with van der Waals surface area (Å²) in [6.45, 7) is 8.38. The highest BCUT2D eigenvalue weighted by molar-refractivity contribution is 5.88. The zero-order chi connectivity index (χ0) is 22.8. The lowest BCUT2D eigenvalue weighted by Crippen LogP contribution is -2.01. The lowest BCUT2D eigenvalue weighted by molar-refractivity contribution is 0.306. The van der Waals surface area contributed by atoms with Crippen LogP contribution in [0.3, 0.4) is 0 Å². The maximum Gasteiger partial charge on any atom is 0.217 e. The Morgan fingerprint density at radius 2 is 2.06 bits per heavy atom. The number of para-hydroxylation sites is 1. The molecule has 166 valence electrons. The Balaban J connectivity index is 0.00000141. The third kappa shape index (κ3) is 5.35. The highest BCUT2D eigenvalue weighted by Crippen LogP contribution is 2.28. The van der Waals surface area contributed by atoms with Gasteiger partial charge in [0.2, 0.25) is 5.88 Å². The van der Waals surface area contributed by atoms with E-state index in [0.717, 1.165) is 36.8 Å². The van der Waals surface area contributed by atoms with Crippen LogP contribution in [0.15, 0.2) is 79.2 Å². The van der Waals surface area contributed by atoms with E-state index in [-0.39, 0.29) is 0 Å². The molecule has 1 aliphatic rings. The minimum Gasteiger partial charge on any atom is -0.477 e. The Bertz CT molecular complexity index is 1140. The molecule has 5 heteroatoms. The van der Waals surface area contributed by atoms with E-state index in [1.807, 2.05) is 13.8 Å². The predicted molar refractivity (Wildman–Crippen MR) is 135 cm³/mol. The number of aromatic amines is 1. The number of ether oxygens (including phenoxy) is 1. The molecule has 1 aromatic carbocycles. The molecule has 0 bridgehead atoms. The number of nitrogens with zero attached hydrogens (tertiary/aromatic N) is 2. The van der Waals surface area contributed by atoms with Gasteiger partial charge in [-0.05, 0) is 54.5 Å². The topological polar surface area (TPSA) is 66.7 Å². The van der Waals surface area contributed by atoms with Gasteiger partial charge in [0.1, 0.15) is 0 Å². The number of H-pyrrole nitrogens is 1. The van der Waals surface area contributed by atoms with E-state index in [0.29, 0.717) is 12.5 Å². The van der Waals surface area contributed by atoms with Crippen molar-refractivity contribution < 1.29 is 4.74 Å². The number of hydrogen-bond donors (Lipinski definition) is 2. The van der Waals surface area contributed by atoms with E-state index in [1.165, 1.54) is 28.4 Å². The molecule has 0 saturated carbocycles. The van der Waals surface area contributed by atoms with Gasteiger partial charge in [-0.25, -0.2) is 5.10 Å². The van der Waals surface area contributed by atoms with E-state index in [2.05, 4.69) is 70.0 Å². The summed E-state index contributed by atoms with van der Waals surface area (Å²) in [5.74, 6) is 0.618. The molecule has 0 aliphatic heterocycles. The fourth-order valence-corrected chi connectivity index (χ4v) is 3.85. The third-order valence-electron chi connectivity index (χ3n) is 5.42. The summed E-state index contributed by atoms with van der Waals surface area (Å²) in [7, 11) is 0. The Hall–Kier alpha value is -3.60. The van der Waals surface area contributed by atoms with Crippen LogP contribution >= 0.6 is 0 Å². The quantitative estimate of drug-likeness (QED) is 0.299. The lowest BCUT2D eigenvalue weighted by Gasteiger charge is -2.09. The van der Waals surface area contributed by atoms with Crippen LogP contribution in [0.25, 0.3) is 22.2 Å². The molecule has 2 aromatic heterocycles. The van der Waals surface area contributed by atoms with Crippen LogP contribution < -0.4 is 4.74 Å². The fourth-order valence-electron chi connectivity index (χ4n) is 3.85. The molecule has 0 unspecified atom stereocenters. The molecule has 0 atom stereocenters. The van der Waals surface area contributed by atoms with Crippen molar-refractivity contribution in [3.8, 4) is 5.88 Å². The molecule has 0 spiro atoms. The SMILES string of the molecule is C=C/C(=C\C=N)c1cn[nH]c1OCCC1=CC=C(n2ccc3ccccc32)CCC1.CC. The third-order valence-corrected chi connectivity index (χ3v) is 5.42. The first-order chi connectivity index (χ1) is 15.8. The lowest BCUT2D eigenvalue weighted by atomic mass is 10.1. The minimum absolute atomic E-state index is 0.575. The van der Waals surface area contributed by atoms with Gasteiger partial charge < -0.3 is 14.7 Å². The van der Waals surface area contributed by atoms with Crippen LogP contribution in [0.4, 0.5) is 0 Å². The van der Waals surface area contributed by atoms with E-state index < -0.39 is 0 Å². The molecule has 32 heavy (non-hydrogen) atoms. The van der Waals surface area contributed by atoms with Crippen LogP contribution in [0.5, 0.6) is 5.88 Å². The van der Waals surface area contributed by atoms with Crippen molar-refractivity contribution in [2.24, 2.45) is 0 Å². The zero-order valence-electron chi connectivity index (χ0n) is 19.0. The molecule has 0 radical (unpaired) electrons. The average molecular weight is 429 g/mol. The number of nitrogens with one attached hydrogen (secondary N) is 2. The summed E-state index contributed by atoms with van der Waals surface area (Å²) in [5, 5.41) is 15.5. The van der Waals surface area contributed by atoms with Crippen molar-refractivity contribution in [3.05, 3.63) is 84.7 Å². The van der Waals surface area contributed by atoms with Crippen molar-refractivity contribution in [1.82, 2.24) is 14.8 Å². The van der Waals surface area contributed by atoms with Gasteiger partial charge in [0.15, 0.2) is 0 Å². The highest BCUT2D eigenvalue weighted by atomic mass is 16.5. The molecule has 2 heterocycles. The van der Waals surface area contributed by atoms with Gasteiger partial charge in [0.05, 0.1) is 23.9 Å². The summed E-state index contributed by atoms with van der Waals surface area (Å²) in [5.41, 5.74) is 5.61. The first-order valence-corrected chi connectivity index (χ1v) is 11.2. The van der Waals surface area contributed by atoms with E-state index in [1.54, 1.807) is 18.3 Å². The Morgan fingerprint density at radius 1 is 1.22 bits per heavy atom. The smallest absolute Gasteiger partial charge is 0.217 e. The largest absolute Gasteiger partial charge is 0.477 e. The molecule has 0 saturated heterocycles. The van der Waals surface area contributed by atoms with Gasteiger partial charge in [-0.15, -0.1) is 0 Å². The number of rotatable bonds is 8. The molecular formula is C27H32N4O.